The molecule has 27 heavy (non-hydrogen) atoms. The number of para-hydroxylation sites is 3. The monoisotopic (exact) mass is 364 g/mol. The van der Waals surface area contributed by atoms with Crippen LogP contribution in [0.4, 0.5) is 5.69 Å². The molecule has 3 aromatic rings. The number of rotatable bonds is 6. The van der Waals surface area contributed by atoms with E-state index in [-0.39, 0.29) is 0 Å². The van der Waals surface area contributed by atoms with E-state index in [2.05, 4.69) is 10.3 Å². The molecule has 0 aliphatic rings. The smallest absolute Gasteiger partial charge is 0.339 e. The lowest BCUT2D eigenvalue weighted by Crippen LogP contribution is -2.21. The number of carbonyl (C=O) groups is 2. The number of pyridine rings is 1. The van der Waals surface area contributed by atoms with E-state index in [1.54, 1.807) is 37.3 Å². The molecule has 1 aromatic heterocycles. The van der Waals surface area contributed by atoms with Crippen molar-refractivity contribution >= 4 is 28.5 Å². The number of ether oxygens (including phenoxy) is 2. The number of esters is 1. The number of nitrogens with one attached hydrogen (secondary N) is 1. The molecule has 0 fully saturated rings. The summed E-state index contributed by atoms with van der Waals surface area (Å²) in [6, 6.07) is 16.1. The molecule has 6 nitrogen and oxygen atoms in total. The van der Waals surface area contributed by atoms with Gasteiger partial charge >= 0.3 is 5.97 Å². The number of anilines is 1. The number of hydrogen-bond acceptors (Lipinski definition) is 5. The van der Waals surface area contributed by atoms with Gasteiger partial charge in [-0.2, -0.15) is 0 Å². The normalized spacial score (nSPS) is 10.4. The van der Waals surface area contributed by atoms with Crippen molar-refractivity contribution in [2.24, 2.45) is 0 Å². The van der Waals surface area contributed by atoms with Crippen molar-refractivity contribution < 1.29 is 19.1 Å². The second-order valence-corrected chi connectivity index (χ2v) is 5.88. The molecule has 6 heteroatoms. The van der Waals surface area contributed by atoms with Gasteiger partial charge < -0.3 is 14.8 Å². The van der Waals surface area contributed by atoms with Crippen LogP contribution >= 0.6 is 0 Å². The van der Waals surface area contributed by atoms with E-state index in [4.69, 9.17) is 9.47 Å². The summed E-state index contributed by atoms with van der Waals surface area (Å²) in [5, 5.41) is 3.39. The number of aromatic nitrogens is 1. The summed E-state index contributed by atoms with van der Waals surface area (Å²) in [4.78, 5) is 29.1. The average Bonchev–Trinajstić information content (AvgIpc) is 2.67. The van der Waals surface area contributed by atoms with Crippen LogP contribution in [0.1, 0.15) is 23.0 Å². The molecule has 0 saturated heterocycles. The lowest BCUT2D eigenvalue weighted by molar-refractivity contribution is -0.119. The van der Waals surface area contributed by atoms with Crippen LogP contribution in [-0.4, -0.2) is 30.1 Å². The first-order valence-electron chi connectivity index (χ1n) is 8.63. The predicted octanol–water partition coefficient (Wildman–Crippen LogP) is 3.74. The topological polar surface area (TPSA) is 77.5 Å². The highest BCUT2D eigenvalue weighted by atomic mass is 16.5. The van der Waals surface area contributed by atoms with E-state index in [9.17, 15) is 9.59 Å². The molecular formula is C21H20N2O4. The van der Waals surface area contributed by atoms with Gasteiger partial charge in [-0.25, -0.2) is 4.79 Å². The van der Waals surface area contributed by atoms with Crippen molar-refractivity contribution in [1.29, 1.82) is 0 Å². The summed E-state index contributed by atoms with van der Waals surface area (Å²) < 4.78 is 10.7. The molecule has 0 saturated carbocycles. The standard InChI is InChI=1S/C21H20N2O4/c1-3-26-19-11-7-6-10-18(19)23-20(24)13-27-21(25)16-12-14(2)22-17-9-5-4-8-15(16)17/h4-12H,3,13H2,1-2H3,(H,23,24). The number of carbonyl (C=O) groups excluding carboxylic acids is 2. The van der Waals surface area contributed by atoms with Crippen LogP contribution in [0, 0.1) is 6.92 Å². The zero-order valence-corrected chi connectivity index (χ0v) is 15.2. The van der Waals surface area contributed by atoms with Gasteiger partial charge in [0.15, 0.2) is 6.61 Å². The minimum Gasteiger partial charge on any atom is -0.492 e. The molecule has 3 rings (SSSR count). The molecule has 138 valence electrons. The molecule has 0 aliphatic carbocycles. The fourth-order valence-electron chi connectivity index (χ4n) is 2.72. The Bertz CT molecular complexity index is 985. The number of nitrogens with zero attached hydrogens (tertiary/aromatic N) is 1. The predicted molar refractivity (Wildman–Crippen MR) is 103 cm³/mol. The van der Waals surface area contributed by atoms with Gasteiger partial charge in [-0.3, -0.25) is 9.78 Å². The van der Waals surface area contributed by atoms with E-state index in [1.807, 2.05) is 31.2 Å². The fraction of sp³-hybridized carbons (Fsp3) is 0.190. The maximum atomic E-state index is 12.5. The van der Waals surface area contributed by atoms with Crippen molar-refractivity contribution in [1.82, 2.24) is 4.98 Å². The third-order valence-corrected chi connectivity index (χ3v) is 3.86. The first-order valence-corrected chi connectivity index (χ1v) is 8.63. The second-order valence-electron chi connectivity index (χ2n) is 5.88. The summed E-state index contributed by atoms with van der Waals surface area (Å²) in [6.07, 6.45) is 0. The molecule has 0 aliphatic heterocycles. The van der Waals surface area contributed by atoms with Crippen LogP contribution in [0.3, 0.4) is 0 Å². The lowest BCUT2D eigenvalue weighted by atomic mass is 10.1. The Morgan fingerprint density at radius 3 is 2.63 bits per heavy atom. The van der Waals surface area contributed by atoms with Gasteiger partial charge in [-0.05, 0) is 38.1 Å². The average molecular weight is 364 g/mol. The number of hydrogen-bond donors (Lipinski definition) is 1. The Hall–Kier alpha value is -3.41. The molecule has 1 heterocycles. The number of amides is 1. The Morgan fingerprint density at radius 1 is 1.07 bits per heavy atom. The molecule has 0 radical (unpaired) electrons. The first kappa shape index (κ1) is 18.4. The van der Waals surface area contributed by atoms with Gasteiger partial charge in [0.2, 0.25) is 0 Å². The number of aryl methyl sites for hydroxylation is 1. The highest BCUT2D eigenvalue weighted by Crippen LogP contribution is 2.23. The minimum atomic E-state index is -0.565. The summed E-state index contributed by atoms with van der Waals surface area (Å²) in [5.41, 5.74) is 2.33. The van der Waals surface area contributed by atoms with Gasteiger partial charge in [-0.1, -0.05) is 30.3 Å². The van der Waals surface area contributed by atoms with Crippen LogP contribution in [0.5, 0.6) is 5.75 Å². The maximum Gasteiger partial charge on any atom is 0.339 e. The van der Waals surface area contributed by atoms with Gasteiger partial charge in [0.05, 0.1) is 23.4 Å². The van der Waals surface area contributed by atoms with Gasteiger partial charge in [0, 0.05) is 11.1 Å². The summed E-state index contributed by atoms with van der Waals surface area (Å²) in [6.45, 7) is 3.76. The van der Waals surface area contributed by atoms with Crippen molar-refractivity contribution in [2.75, 3.05) is 18.5 Å². The maximum absolute atomic E-state index is 12.5. The van der Waals surface area contributed by atoms with Gasteiger partial charge in [0.25, 0.3) is 5.91 Å². The molecule has 1 N–H and O–H groups in total. The van der Waals surface area contributed by atoms with Crippen molar-refractivity contribution in [3.05, 3.63) is 65.9 Å². The highest BCUT2D eigenvalue weighted by Gasteiger charge is 2.15. The lowest BCUT2D eigenvalue weighted by Gasteiger charge is -2.12. The molecular weight excluding hydrogens is 344 g/mol. The number of benzene rings is 2. The van der Waals surface area contributed by atoms with Crippen LogP contribution < -0.4 is 10.1 Å². The van der Waals surface area contributed by atoms with Crippen molar-refractivity contribution in [2.45, 2.75) is 13.8 Å². The molecule has 1 amide bonds. The third kappa shape index (κ3) is 4.41. The minimum absolute atomic E-state index is 0.389. The fourth-order valence-corrected chi connectivity index (χ4v) is 2.72. The molecule has 0 spiro atoms. The van der Waals surface area contributed by atoms with Crippen LogP contribution in [0.15, 0.2) is 54.6 Å². The van der Waals surface area contributed by atoms with E-state index >= 15 is 0 Å². The molecule has 0 unspecified atom stereocenters. The molecule has 2 aromatic carbocycles. The van der Waals surface area contributed by atoms with Gasteiger partial charge in [-0.15, -0.1) is 0 Å². The number of fused-ring (bicyclic) bond motifs is 1. The highest BCUT2D eigenvalue weighted by molar-refractivity contribution is 6.04. The Labute approximate surface area is 157 Å². The van der Waals surface area contributed by atoms with Gasteiger partial charge in [0.1, 0.15) is 5.75 Å². The first-order chi connectivity index (χ1) is 13.1. The van der Waals surface area contributed by atoms with E-state index in [0.717, 1.165) is 0 Å². The Morgan fingerprint density at radius 2 is 1.81 bits per heavy atom. The van der Waals surface area contributed by atoms with Crippen molar-refractivity contribution in [3.63, 3.8) is 0 Å². The molecule has 0 atom stereocenters. The summed E-state index contributed by atoms with van der Waals surface area (Å²) in [7, 11) is 0. The van der Waals surface area contributed by atoms with E-state index < -0.39 is 18.5 Å². The zero-order chi connectivity index (χ0) is 19.2. The van der Waals surface area contributed by atoms with Crippen LogP contribution in [0.25, 0.3) is 10.9 Å². The van der Waals surface area contributed by atoms with Crippen LogP contribution in [-0.2, 0) is 9.53 Å². The second kappa shape index (κ2) is 8.31. The largest absolute Gasteiger partial charge is 0.492 e. The van der Waals surface area contributed by atoms with Crippen molar-refractivity contribution in [3.8, 4) is 5.75 Å². The summed E-state index contributed by atoms with van der Waals surface area (Å²) >= 11 is 0. The Balaban J connectivity index is 1.69. The molecule has 0 bridgehead atoms. The Kier molecular flexibility index (Phi) is 5.66. The van der Waals surface area contributed by atoms with E-state index in [0.29, 0.717) is 40.2 Å². The third-order valence-electron chi connectivity index (χ3n) is 3.86. The van der Waals surface area contributed by atoms with Crippen LogP contribution in [0.2, 0.25) is 0 Å². The quantitative estimate of drug-likeness (QED) is 0.674. The zero-order valence-electron chi connectivity index (χ0n) is 15.2. The van der Waals surface area contributed by atoms with E-state index in [1.165, 1.54) is 0 Å². The SMILES string of the molecule is CCOc1ccccc1NC(=O)COC(=O)c1cc(C)nc2ccccc12. The summed E-state index contributed by atoms with van der Waals surface area (Å²) in [5.74, 6) is -0.439.